The van der Waals surface area contributed by atoms with E-state index >= 15 is 0 Å². The predicted octanol–water partition coefficient (Wildman–Crippen LogP) is 3.53. The summed E-state index contributed by atoms with van der Waals surface area (Å²) >= 11 is 3.44. The standard InChI is InChI=1S/C10H13BrFN/c1-8-9(11)4-2-5-10(8)13-7-3-6-12/h2,4-5,13H,3,6-7H2,1H3. The number of benzene rings is 1. The van der Waals surface area contributed by atoms with E-state index in [0.717, 1.165) is 10.2 Å². The number of nitrogens with one attached hydrogen (secondary N) is 1. The quantitative estimate of drug-likeness (QED) is 0.801. The van der Waals surface area contributed by atoms with Gasteiger partial charge in [-0.15, -0.1) is 0 Å². The fraction of sp³-hybridized carbons (Fsp3) is 0.400. The Morgan fingerprint density at radius 3 is 2.92 bits per heavy atom. The van der Waals surface area contributed by atoms with Crippen LogP contribution in [0, 0.1) is 6.92 Å². The highest BCUT2D eigenvalue weighted by Crippen LogP contribution is 2.23. The first-order valence-electron chi connectivity index (χ1n) is 4.30. The Bertz CT molecular complexity index is 276. The summed E-state index contributed by atoms with van der Waals surface area (Å²) in [6.07, 6.45) is 0.561. The van der Waals surface area contributed by atoms with E-state index in [1.165, 1.54) is 5.56 Å². The normalized spacial score (nSPS) is 10.1. The fourth-order valence-electron chi connectivity index (χ4n) is 1.09. The molecular formula is C10H13BrFN. The molecule has 1 rings (SSSR count). The monoisotopic (exact) mass is 245 g/mol. The molecule has 0 aliphatic rings. The maximum Gasteiger partial charge on any atom is 0.0911 e. The van der Waals surface area contributed by atoms with Crippen molar-refractivity contribution < 1.29 is 4.39 Å². The Morgan fingerprint density at radius 2 is 2.23 bits per heavy atom. The second-order valence-corrected chi connectivity index (χ2v) is 3.74. The van der Waals surface area contributed by atoms with Crippen molar-refractivity contribution in [1.29, 1.82) is 0 Å². The number of rotatable bonds is 4. The lowest BCUT2D eigenvalue weighted by Crippen LogP contribution is -2.03. The molecule has 0 saturated carbocycles. The van der Waals surface area contributed by atoms with E-state index in [-0.39, 0.29) is 6.67 Å². The van der Waals surface area contributed by atoms with E-state index in [0.29, 0.717) is 13.0 Å². The molecular weight excluding hydrogens is 233 g/mol. The topological polar surface area (TPSA) is 12.0 Å². The summed E-state index contributed by atoms with van der Waals surface area (Å²) in [4.78, 5) is 0. The van der Waals surface area contributed by atoms with Gasteiger partial charge in [0.25, 0.3) is 0 Å². The summed E-state index contributed by atoms with van der Waals surface area (Å²) in [5.74, 6) is 0. The smallest absolute Gasteiger partial charge is 0.0911 e. The van der Waals surface area contributed by atoms with Gasteiger partial charge in [0.15, 0.2) is 0 Å². The number of halogens is 2. The van der Waals surface area contributed by atoms with Crippen LogP contribution in [0.5, 0.6) is 0 Å². The van der Waals surface area contributed by atoms with E-state index in [1.54, 1.807) is 0 Å². The van der Waals surface area contributed by atoms with Gasteiger partial charge in [0.05, 0.1) is 6.67 Å². The molecule has 0 aliphatic heterocycles. The molecule has 1 nitrogen and oxygen atoms in total. The first-order chi connectivity index (χ1) is 6.25. The van der Waals surface area contributed by atoms with E-state index < -0.39 is 0 Å². The number of hydrogen-bond acceptors (Lipinski definition) is 1. The second kappa shape index (κ2) is 5.22. The molecule has 72 valence electrons. The Morgan fingerprint density at radius 1 is 1.46 bits per heavy atom. The maximum absolute atomic E-state index is 11.8. The average Bonchev–Trinajstić information content (AvgIpc) is 2.13. The molecule has 0 spiro atoms. The Labute approximate surface area is 86.5 Å². The second-order valence-electron chi connectivity index (χ2n) is 2.88. The Balaban J connectivity index is 2.61. The maximum atomic E-state index is 11.8. The molecule has 0 aliphatic carbocycles. The molecule has 0 fully saturated rings. The van der Waals surface area contributed by atoms with Gasteiger partial charge in [0.1, 0.15) is 0 Å². The lowest BCUT2D eigenvalue weighted by atomic mass is 10.2. The zero-order valence-electron chi connectivity index (χ0n) is 7.61. The Kier molecular flexibility index (Phi) is 4.22. The molecule has 0 amide bonds. The summed E-state index contributed by atoms with van der Waals surface area (Å²) in [5.41, 5.74) is 2.24. The van der Waals surface area contributed by atoms with Crippen molar-refractivity contribution in [3.63, 3.8) is 0 Å². The molecule has 0 unspecified atom stereocenters. The van der Waals surface area contributed by atoms with Gasteiger partial charge in [-0.2, -0.15) is 0 Å². The minimum atomic E-state index is -0.264. The number of hydrogen-bond donors (Lipinski definition) is 1. The van der Waals surface area contributed by atoms with E-state index in [2.05, 4.69) is 21.2 Å². The van der Waals surface area contributed by atoms with Crippen LogP contribution in [0.15, 0.2) is 22.7 Å². The van der Waals surface area contributed by atoms with Crippen LogP contribution in [0.3, 0.4) is 0 Å². The zero-order chi connectivity index (χ0) is 9.68. The highest BCUT2D eigenvalue weighted by molar-refractivity contribution is 9.10. The third-order valence-electron chi connectivity index (χ3n) is 1.89. The van der Waals surface area contributed by atoms with E-state index in [4.69, 9.17) is 0 Å². The van der Waals surface area contributed by atoms with Crippen LogP contribution in [0.2, 0.25) is 0 Å². The van der Waals surface area contributed by atoms with Crippen molar-refractivity contribution in [3.05, 3.63) is 28.2 Å². The zero-order valence-corrected chi connectivity index (χ0v) is 9.20. The highest BCUT2D eigenvalue weighted by atomic mass is 79.9. The molecule has 1 aromatic carbocycles. The first-order valence-corrected chi connectivity index (χ1v) is 5.10. The lowest BCUT2D eigenvalue weighted by molar-refractivity contribution is 0.481. The van der Waals surface area contributed by atoms with Crippen molar-refractivity contribution >= 4 is 21.6 Å². The first kappa shape index (κ1) is 10.5. The minimum absolute atomic E-state index is 0.264. The van der Waals surface area contributed by atoms with Crippen molar-refractivity contribution in [3.8, 4) is 0 Å². The molecule has 0 aromatic heterocycles. The van der Waals surface area contributed by atoms with Gasteiger partial charge in [-0.05, 0) is 31.0 Å². The van der Waals surface area contributed by atoms with Crippen LogP contribution in [-0.2, 0) is 0 Å². The number of alkyl halides is 1. The van der Waals surface area contributed by atoms with Crippen molar-refractivity contribution in [2.75, 3.05) is 18.5 Å². The molecule has 3 heteroatoms. The van der Waals surface area contributed by atoms with Gasteiger partial charge in [0, 0.05) is 16.7 Å². The molecule has 0 atom stereocenters. The van der Waals surface area contributed by atoms with Crippen LogP contribution < -0.4 is 5.32 Å². The molecule has 1 aromatic rings. The van der Waals surface area contributed by atoms with Crippen molar-refractivity contribution in [2.45, 2.75) is 13.3 Å². The Hall–Kier alpha value is -0.570. The van der Waals surface area contributed by atoms with Crippen LogP contribution >= 0.6 is 15.9 Å². The van der Waals surface area contributed by atoms with Gasteiger partial charge < -0.3 is 5.32 Å². The molecule has 0 bridgehead atoms. The molecule has 1 N–H and O–H groups in total. The minimum Gasteiger partial charge on any atom is -0.385 e. The van der Waals surface area contributed by atoms with Crippen LogP contribution in [-0.4, -0.2) is 13.2 Å². The highest BCUT2D eigenvalue weighted by Gasteiger charge is 1.99. The summed E-state index contributed by atoms with van der Waals surface area (Å²) < 4.78 is 12.9. The third-order valence-corrected chi connectivity index (χ3v) is 2.75. The lowest BCUT2D eigenvalue weighted by Gasteiger charge is -2.09. The van der Waals surface area contributed by atoms with Gasteiger partial charge in [-0.25, -0.2) is 0 Å². The molecule has 0 heterocycles. The summed E-state index contributed by atoms with van der Waals surface area (Å²) in [6, 6.07) is 5.96. The van der Waals surface area contributed by atoms with Crippen molar-refractivity contribution in [1.82, 2.24) is 0 Å². The van der Waals surface area contributed by atoms with Crippen LogP contribution in [0.25, 0.3) is 0 Å². The van der Waals surface area contributed by atoms with Gasteiger partial charge in [-0.3, -0.25) is 4.39 Å². The largest absolute Gasteiger partial charge is 0.385 e. The fourth-order valence-corrected chi connectivity index (χ4v) is 1.46. The van der Waals surface area contributed by atoms with Crippen LogP contribution in [0.1, 0.15) is 12.0 Å². The van der Waals surface area contributed by atoms with Gasteiger partial charge >= 0.3 is 0 Å². The molecule has 0 radical (unpaired) electrons. The average molecular weight is 246 g/mol. The van der Waals surface area contributed by atoms with Crippen LogP contribution in [0.4, 0.5) is 10.1 Å². The molecule has 13 heavy (non-hydrogen) atoms. The summed E-state index contributed by atoms with van der Waals surface area (Å²) in [7, 11) is 0. The van der Waals surface area contributed by atoms with Gasteiger partial charge in [-0.1, -0.05) is 22.0 Å². The van der Waals surface area contributed by atoms with Crippen molar-refractivity contribution in [2.24, 2.45) is 0 Å². The number of anilines is 1. The van der Waals surface area contributed by atoms with E-state index in [9.17, 15) is 4.39 Å². The summed E-state index contributed by atoms with van der Waals surface area (Å²) in [5, 5.41) is 3.18. The predicted molar refractivity (Wildman–Crippen MR) is 58.0 cm³/mol. The third kappa shape index (κ3) is 2.99. The molecule has 0 saturated heterocycles. The summed E-state index contributed by atoms with van der Waals surface area (Å²) in [6.45, 7) is 2.45. The van der Waals surface area contributed by atoms with E-state index in [1.807, 2.05) is 25.1 Å². The van der Waals surface area contributed by atoms with Gasteiger partial charge in [0.2, 0.25) is 0 Å². The SMILES string of the molecule is Cc1c(Br)cccc1NCCCF.